The summed E-state index contributed by atoms with van der Waals surface area (Å²) in [5.74, 6) is 1.11. The number of benzene rings is 1. The van der Waals surface area contributed by atoms with Crippen LogP contribution in [0.5, 0.6) is 0 Å². The van der Waals surface area contributed by atoms with Crippen LogP contribution in [0.25, 0.3) is 33.2 Å². The van der Waals surface area contributed by atoms with E-state index in [0.717, 1.165) is 21.5 Å². The predicted molar refractivity (Wildman–Crippen MR) is 84.5 cm³/mol. The number of rotatable bonds is 3. The van der Waals surface area contributed by atoms with Gasteiger partial charge in [0.2, 0.25) is 5.82 Å². The van der Waals surface area contributed by atoms with Crippen molar-refractivity contribution >= 4 is 22.4 Å². The van der Waals surface area contributed by atoms with E-state index in [4.69, 9.17) is 4.52 Å². The fourth-order valence-corrected chi connectivity index (χ4v) is 2.94. The van der Waals surface area contributed by atoms with E-state index in [2.05, 4.69) is 34.3 Å². The molecule has 4 rings (SSSR count). The van der Waals surface area contributed by atoms with Crippen molar-refractivity contribution in [3.63, 3.8) is 0 Å². The number of fused-ring (bicyclic) bond motifs is 1. The molecule has 0 aliphatic carbocycles. The first-order chi connectivity index (χ1) is 10.7. The fourth-order valence-electron chi connectivity index (χ4n) is 2.30. The van der Waals surface area contributed by atoms with Crippen molar-refractivity contribution in [2.75, 3.05) is 0 Å². The molecule has 0 unspecified atom stereocenters. The zero-order chi connectivity index (χ0) is 15.1. The van der Waals surface area contributed by atoms with Gasteiger partial charge in [0.1, 0.15) is 5.52 Å². The molecule has 110 valence electrons. The van der Waals surface area contributed by atoms with Crippen LogP contribution in [-0.2, 0) is 0 Å². The lowest BCUT2D eigenvalue weighted by molar-refractivity contribution is 0.433. The van der Waals surface area contributed by atoms with Crippen LogP contribution in [0, 0.1) is 0 Å². The van der Waals surface area contributed by atoms with E-state index in [1.54, 1.807) is 11.3 Å². The van der Waals surface area contributed by atoms with Gasteiger partial charge in [0, 0.05) is 11.6 Å². The Kier molecular flexibility index (Phi) is 3.00. The van der Waals surface area contributed by atoms with Crippen LogP contribution >= 0.6 is 11.3 Å². The van der Waals surface area contributed by atoms with Gasteiger partial charge in [-0.1, -0.05) is 16.4 Å². The van der Waals surface area contributed by atoms with Gasteiger partial charge in [0.15, 0.2) is 0 Å². The van der Waals surface area contributed by atoms with Gasteiger partial charge in [-0.15, -0.1) is 16.4 Å². The Morgan fingerprint density at radius 2 is 2.14 bits per heavy atom. The summed E-state index contributed by atoms with van der Waals surface area (Å²) in [7, 11) is 0. The van der Waals surface area contributed by atoms with Gasteiger partial charge in [0.25, 0.3) is 5.89 Å². The third kappa shape index (κ3) is 2.10. The van der Waals surface area contributed by atoms with Crippen LogP contribution in [0.4, 0.5) is 0 Å². The standard InChI is InChI=1S/C15H13N5OS/c1-9(2)20-12-8-10(5-6-11(12)17-19-20)14-16-15(21-18-14)13-4-3-7-22-13/h3-9H,1-2H3. The van der Waals surface area contributed by atoms with Gasteiger partial charge < -0.3 is 4.52 Å². The van der Waals surface area contributed by atoms with Crippen LogP contribution in [0.15, 0.2) is 40.2 Å². The molecule has 7 heteroatoms. The van der Waals surface area contributed by atoms with E-state index in [1.165, 1.54) is 0 Å². The minimum absolute atomic E-state index is 0.243. The number of hydrogen-bond acceptors (Lipinski definition) is 6. The number of nitrogens with zero attached hydrogens (tertiary/aromatic N) is 5. The summed E-state index contributed by atoms with van der Waals surface area (Å²) < 4.78 is 7.23. The highest BCUT2D eigenvalue weighted by Gasteiger charge is 2.14. The summed E-state index contributed by atoms with van der Waals surface area (Å²) in [5, 5.41) is 14.4. The Hall–Kier alpha value is -2.54. The number of thiophene rings is 1. The predicted octanol–water partition coefficient (Wildman–Crippen LogP) is 3.79. The second-order valence-corrected chi connectivity index (χ2v) is 6.18. The van der Waals surface area contributed by atoms with E-state index in [0.29, 0.717) is 11.7 Å². The molecule has 0 fully saturated rings. The van der Waals surface area contributed by atoms with E-state index in [-0.39, 0.29) is 6.04 Å². The van der Waals surface area contributed by atoms with Gasteiger partial charge in [-0.3, -0.25) is 0 Å². The molecule has 0 saturated heterocycles. The normalized spacial score (nSPS) is 11.6. The summed E-state index contributed by atoms with van der Waals surface area (Å²) in [6.45, 7) is 4.15. The molecule has 0 spiro atoms. The first-order valence-electron chi connectivity index (χ1n) is 6.95. The van der Waals surface area contributed by atoms with Crippen LogP contribution in [0.3, 0.4) is 0 Å². The Balaban J connectivity index is 1.79. The Bertz CT molecular complexity index is 923. The summed E-state index contributed by atoms with van der Waals surface area (Å²) >= 11 is 1.57. The first-order valence-corrected chi connectivity index (χ1v) is 7.83. The molecule has 0 aliphatic heterocycles. The monoisotopic (exact) mass is 311 g/mol. The SMILES string of the molecule is CC(C)n1nnc2ccc(-c3noc(-c4cccs4)n3)cc21. The summed E-state index contributed by atoms with van der Waals surface area (Å²) in [4.78, 5) is 5.44. The minimum atomic E-state index is 0.243. The smallest absolute Gasteiger partial charge is 0.268 e. The second-order valence-electron chi connectivity index (χ2n) is 5.23. The van der Waals surface area contributed by atoms with Crippen molar-refractivity contribution in [2.24, 2.45) is 0 Å². The van der Waals surface area contributed by atoms with Gasteiger partial charge in [-0.05, 0) is 43.5 Å². The molecular weight excluding hydrogens is 298 g/mol. The lowest BCUT2D eigenvalue weighted by Crippen LogP contribution is -2.02. The molecule has 0 radical (unpaired) electrons. The molecule has 0 N–H and O–H groups in total. The average Bonchev–Trinajstić information content (AvgIpc) is 3.25. The average molecular weight is 311 g/mol. The van der Waals surface area contributed by atoms with E-state index in [9.17, 15) is 0 Å². The van der Waals surface area contributed by atoms with Crippen molar-refractivity contribution in [3.05, 3.63) is 35.7 Å². The van der Waals surface area contributed by atoms with Crippen molar-refractivity contribution in [1.82, 2.24) is 25.1 Å². The Labute approximate surface area is 130 Å². The molecule has 3 heterocycles. The van der Waals surface area contributed by atoms with Crippen LogP contribution < -0.4 is 0 Å². The molecule has 0 bridgehead atoms. The maximum absolute atomic E-state index is 5.35. The summed E-state index contributed by atoms with van der Waals surface area (Å²) in [6, 6.07) is 10.0. The highest BCUT2D eigenvalue weighted by Crippen LogP contribution is 2.27. The molecule has 0 atom stereocenters. The maximum Gasteiger partial charge on any atom is 0.268 e. The van der Waals surface area contributed by atoms with E-state index in [1.807, 2.05) is 40.4 Å². The van der Waals surface area contributed by atoms with Crippen LogP contribution in [0.2, 0.25) is 0 Å². The second kappa shape index (κ2) is 5.03. The van der Waals surface area contributed by atoms with Crippen molar-refractivity contribution < 1.29 is 4.52 Å². The fraction of sp³-hybridized carbons (Fsp3) is 0.200. The van der Waals surface area contributed by atoms with Crippen molar-refractivity contribution in [2.45, 2.75) is 19.9 Å². The number of aromatic nitrogens is 5. The van der Waals surface area contributed by atoms with Gasteiger partial charge in [-0.2, -0.15) is 4.98 Å². The van der Waals surface area contributed by atoms with Crippen molar-refractivity contribution in [1.29, 1.82) is 0 Å². The first kappa shape index (κ1) is 13.1. The molecule has 3 aromatic heterocycles. The topological polar surface area (TPSA) is 69.6 Å². The highest BCUT2D eigenvalue weighted by molar-refractivity contribution is 7.13. The molecule has 22 heavy (non-hydrogen) atoms. The molecular formula is C15H13N5OS. The Morgan fingerprint density at radius 3 is 2.91 bits per heavy atom. The molecule has 6 nitrogen and oxygen atoms in total. The van der Waals surface area contributed by atoms with Gasteiger partial charge in [-0.25, -0.2) is 4.68 Å². The molecule has 0 amide bonds. The molecule has 0 aliphatic rings. The van der Waals surface area contributed by atoms with E-state index < -0.39 is 0 Å². The van der Waals surface area contributed by atoms with Crippen LogP contribution in [-0.4, -0.2) is 25.1 Å². The van der Waals surface area contributed by atoms with Gasteiger partial charge >= 0.3 is 0 Å². The van der Waals surface area contributed by atoms with E-state index >= 15 is 0 Å². The summed E-state index contributed by atoms with van der Waals surface area (Å²) in [6.07, 6.45) is 0. The lowest BCUT2D eigenvalue weighted by atomic mass is 10.2. The number of hydrogen-bond donors (Lipinski definition) is 0. The lowest BCUT2D eigenvalue weighted by Gasteiger charge is -2.05. The minimum Gasteiger partial charge on any atom is -0.333 e. The third-order valence-electron chi connectivity index (χ3n) is 3.38. The molecule has 1 aromatic carbocycles. The largest absolute Gasteiger partial charge is 0.333 e. The molecule has 0 saturated carbocycles. The van der Waals surface area contributed by atoms with Gasteiger partial charge in [0.05, 0.1) is 10.4 Å². The summed E-state index contributed by atoms with van der Waals surface area (Å²) in [5.41, 5.74) is 2.72. The van der Waals surface area contributed by atoms with Crippen molar-refractivity contribution in [3.8, 4) is 22.2 Å². The quantitative estimate of drug-likeness (QED) is 0.575. The zero-order valence-electron chi connectivity index (χ0n) is 12.1. The maximum atomic E-state index is 5.35. The molecule has 4 aromatic rings. The Morgan fingerprint density at radius 1 is 1.23 bits per heavy atom. The third-order valence-corrected chi connectivity index (χ3v) is 4.23. The van der Waals surface area contributed by atoms with Crippen LogP contribution in [0.1, 0.15) is 19.9 Å². The highest BCUT2D eigenvalue weighted by atomic mass is 32.1. The zero-order valence-corrected chi connectivity index (χ0v) is 12.9.